The number of oxazole rings is 1. The van der Waals surface area contributed by atoms with Crippen molar-refractivity contribution in [3.05, 3.63) is 58.4 Å². The van der Waals surface area contributed by atoms with E-state index in [1.807, 2.05) is 0 Å². The lowest BCUT2D eigenvalue weighted by Crippen LogP contribution is -2.55. The summed E-state index contributed by atoms with van der Waals surface area (Å²) in [7, 11) is 0. The second-order valence-electron chi connectivity index (χ2n) is 5.87. The molecule has 0 spiro atoms. The number of hydrogen-bond acceptors (Lipinski definition) is 7. The quantitative estimate of drug-likeness (QED) is 0.296. The van der Waals surface area contributed by atoms with Crippen LogP contribution in [0.5, 0.6) is 0 Å². The molecule has 2 amide bonds. The van der Waals surface area contributed by atoms with Crippen molar-refractivity contribution in [2.75, 3.05) is 4.90 Å². The fraction of sp³-hybridized carbons (Fsp3) is 0.0556. The number of imide groups is 1. The van der Waals surface area contributed by atoms with Crippen LogP contribution in [-0.2, 0) is 14.4 Å². The van der Waals surface area contributed by atoms with Crippen molar-refractivity contribution in [1.29, 1.82) is 0 Å². The second kappa shape index (κ2) is 6.74. The first-order valence-electron chi connectivity index (χ1n) is 7.93. The number of nitrogens with zero attached hydrogens (tertiary/aromatic N) is 3. The Morgan fingerprint density at radius 1 is 1.07 bits per heavy atom. The van der Waals surface area contributed by atoms with Gasteiger partial charge in [0.25, 0.3) is 5.91 Å². The molecule has 3 aromatic rings. The molecule has 1 saturated heterocycles. The van der Waals surface area contributed by atoms with E-state index in [-0.39, 0.29) is 22.3 Å². The summed E-state index contributed by atoms with van der Waals surface area (Å²) in [5.74, 6) is 0.821. The highest BCUT2D eigenvalue weighted by Gasteiger charge is 2.49. The predicted molar refractivity (Wildman–Crippen MR) is 102 cm³/mol. The van der Waals surface area contributed by atoms with Crippen LogP contribution in [0.25, 0.3) is 11.1 Å². The number of rotatable bonds is 2. The largest absolute Gasteiger partial charge is 0.439 e. The first kappa shape index (κ1) is 18.1. The van der Waals surface area contributed by atoms with Crippen molar-refractivity contribution in [1.82, 2.24) is 4.98 Å². The number of piperidine rings is 1. The summed E-state index contributed by atoms with van der Waals surface area (Å²) in [6, 6.07) is 10.9. The first-order valence-corrected chi connectivity index (χ1v) is 8.69. The number of para-hydroxylation sites is 2. The van der Waals surface area contributed by atoms with Gasteiger partial charge < -0.3 is 10.3 Å². The first-order chi connectivity index (χ1) is 13.4. The Morgan fingerprint density at radius 3 is 2.50 bits per heavy atom. The number of halogens is 2. The lowest BCUT2D eigenvalue weighted by Gasteiger charge is -2.28. The highest BCUT2D eigenvalue weighted by molar-refractivity contribution is 6.67. The van der Waals surface area contributed by atoms with Crippen LogP contribution in [0.4, 0.5) is 5.69 Å². The molecule has 0 radical (unpaired) electrons. The van der Waals surface area contributed by atoms with Crippen LogP contribution in [0.15, 0.2) is 52.0 Å². The third-order valence-corrected chi connectivity index (χ3v) is 4.76. The van der Waals surface area contributed by atoms with Crippen LogP contribution in [0, 0.1) is 0 Å². The van der Waals surface area contributed by atoms with E-state index in [4.69, 9.17) is 33.5 Å². The van der Waals surface area contributed by atoms with Gasteiger partial charge in [-0.05, 0) is 30.3 Å². The van der Waals surface area contributed by atoms with E-state index < -0.39 is 23.5 Å². The van der Waals surface area contributed by atoms with Gasteiger partial charge in [0, 0.05) is 5.02 Å². The Labute approximate surface area is 167 Å². The summed E-state index contributed by atoms with van der Waals surface area (Å²) in [6.45, 7) is 0. The number of nitrogens with two attached hydrogens (primary N) is 1. The van der Waals surface area contributed by atoms with Crippen molar-refractivity contribution in [3.63, 3.8) is 0 Å². The Bertz CT molecular complexity index is 1150. The average Bonchev–Trinajstić information content (AvgIpc) is 3.09. The van der Waals surface area contributed by atoms with Crippen LogP contribution >= 0.6 is 23.2 Å². The highest BCUT2D eigenvalue weighted by atomic mass is 35.5. The fourth-order valence-corrected chi connectivity index (χ4v) is 3.43. The minimum absolute atomic E-state index is 0.00779. The van der Waals surface area contributed by atoms with Gasteiger partial charge in [0.1, 0.15) is 11.2 Å². The van der Waals surface area contributed by atoms with E-state index in [0.717, 1.165) is 0 Å². The maximum Gasteiger partial charge on any atom is 0.302 e. The van der Waals surface area contributed by atoms with E-state index in [1.165, 1.54) is 18.2 Å². The molecule has 2 heterocycles. The lowest BCUT2D eigenvalue weighted by molar-refractivity contribution is -0.139. The molecule has 2 aromatic carbocycles. The molecule has 140 valence electrons. The van der Waals surface area contributed by atoms with E-state index >= 15 is 0 Å². The zero-order chi connectivity index (χ0) is 20.0. The predicted octanol–water partition coefficient (Wildman–Crippen LogP) is 2.68. The minimum Gasteiger partial charge on any atom is -0.439 e. The summed E-state index contributed by atoms with van der Waals surface area (Å²) < 4.78 is 5.55. The number of benzene rings is 2. The molecule has 1 aliphatic rings. The standard InChI is InChI=1S/C18H10Cl2N4O4/c19-8-5-6-11(9(20)7-8)24-17(26)14(23-21)13(15(25)18(24)27)16-22-10-3-1-2-4-12(10)28-16/h1-7,13H,21H2/b23-14-/t13-/m1/s1. The molecule has 0 saturated carbocycles. The van der Waals surface area contributed by atoms with Gasteiger partial charge in [-0.3, -0.25) is 14.4 Å². The molecule has 10 heteroatoms. The third-order valence-electron chi connectivity index (χ3n) is 4.22. The van der Waals surface area contributed by atoms with Gasteiger partial charge in [0.15, 0.2) is 11.5 Å². The third kappa shape index (κ3) is 2.74. The van der Waals surface area contributed by atoms with Crippen LogP contribution in [-0.4, -0.2) is 28.3 Å². The number of hydrazone groups is 1. The summed E-state index contributed by atoms with van der Waals surface area (Å²) in [5, 5.41) is 3.76. The molecule has 2 N–H and O–H groups in total. The number of hydrogen-bond donors (Lipinski definition) is 1. The van der Waals surface area contributed by atoms with Gasteiger partial charge in [0.2, 0.25) is 11.7 Å². The van der Waals surface area contributed by atoms with Gasteiger partial charge in [-0.2, -0.15) is 5.10 Å². The summed E-state index contributed by atoms with van der Waals surface area (Å²) >= 11 is 11.9. The Kier molecular flexibility index (Phi) is 4.37. The van der Waals surface area contributed by atoms with E-state index in [1.54, 1.807) is 24.3 Å². The molecule has 0 aliphatic carbocycles. The van der Waals surface area contributed by atoms with Gasteiger partial charge >= 0.3 is 5.91 Å². The van der Waals surface area contributed by atoms with Crippen molar-refractivity contribution < 1.29 is 18.8 Å². The maximum absolute atomic E-state index is 12.9. The van der Waals surface area contributed by atoms with Crippen molar-refractivity contribution >= 4 is 63.3 Å². The number of carbonyl (C=O) groups is 3. The molecular weight excluding hydrogens is 407 g/mol. The molecular formula is C18H10Cl2N4O4. The van der Waals surface area contributed by atoms with Crippen molar-refractivity contribution in [2.45, 2.75) is 5.92 Å². The SMILES string of the molecule is N/N=C1\C(=O)N(c2ccc(Cl)cc2Cl)C(=O)C(=O)[C@@H]1c1nc2ccccc2o1. The van der Waals surface area contributed by atoms with E-state index in [2.05, 4.69) is 10.1 Å². The summed E-state index contributed by atoms with van der Waals surface area (Å²) in [5.41, 5.74) is 0.461. The number of fused-ring (bicyclic) bond motifs is 1. The molecule has 8 nitrogen and oxygen atoms in total. The molecule has 1 atom stereocenters. The zero-order valence-corrected chi connectivity index (χ0v) is 15.4. The van der Waals surface area contributed by atoms with Crippen LogP contribution in [0.2, 0.25) is 10.0 Å². The number of anilines is 1. The van der Waals surface area contributed by atoms with Crippen LogP contribution in [0.1, 0.15) is 11.8 Å². The normalized spacial score (nSPS) is 19.1. The van der Waals surface area contributed by atoms with E-state index in [9.17, 15) is 14.4 Å². The molecule has 0 unspecified atom stereocenters. The molecule has 1 fully saturated rings. The van der Waals surface area contributed by atoms with Crippen LogP contribution in [0.3, 0.4) is 0 Å². The maximum atomic E-state index is 12.9. The van der Waals surface area contributed by atoms with Crippen molar-refractivity contribution in [3.8, 4) is 0 Å². The lowest BCUT2D eigenvalue weighted by atomic mass is 9.91. The van der Waals surface area contributed by atoms with Crippen LogP contribution < -0.4 is 10.7 Å². The zero-order valence-electron chi connectivity index (χ0n) is 13.9. The second-order valence-corrected chi connectivity index (χ2v) is 6.72. The van der Waals surface area contributed by atoms with Gasteiger partial charge in [-0.25, -0.2) is 9.88 Å². The molecule has 0 bridgehead atoms. The molecule has 1 aliphatic heterocycles. The summed E-state index contributed by atoms with van der Waals surface area (Å²) in [4.78, 5) is 43.3. The number of aromatic nitrogens is 1. The Balaban J connectivity index is 1.82. The van der Waals surface area contributed by atoms with Crippen molar-refractivity contribution in [2.24, 2.45) is 10.9 Å². The monoisotopic (exact) mass is 416 g/mol. The van der Waals surface area contributed by atoms with Gasteiger partial charge in [-0.1, -0.05) is 35.3 Å². The molecule has 28 heavy (non-hydrogen) atoms. The topological polar surface area (TPSA) is 119 Å². The number of ketones is 1. The van der Waals surface area contributed by atoms with E-state index in [0.29, 0.717) is 21.0 Å². The number of Topliss-reactive ketones (excluding diaryl/α,β-unsaturated/α-hetero) is 1. The minimum atomic E-state index is -1.44. The average molecular weight is 417 g/mol. The molecule has 1 aromatic heterocycles. The van der Waals surface area contributed by atoms with Gasteiger partial charge in [0.05, 0.1) is 10.7 Å². The Morgan fingerprint density at radius 2 is 1.82 bits per heavy atom. The fourth-order valence-electron chi connectivity index (χ4n) is 2.94. The molecule has 4 rings (SSSR count). The number of carbonyl (C=O) groups excluding carboxylic acids is 3. The Hall–Kier alpha value is -3.23. The van der Waals surface area contributed by atoms with Gasteiger partial charge in [-0.15, -0.1) is 0 Å². The summed E-state index contributed by atoms with van der Waals surface area (Å²) in [6.07, 6.45) is 0. The highest BCUT2D eigenvalue weighted by Crippen LogP contribution is 2.34. The smallest absolute Gasteiger partial charge is 0.302 e. The number of amides is 2.